The third-order valence-corrected chi connectivity index (χ3v) is 9.75. The van der Waals surface area contributed by atoms with Crippen molar-refractivity contribution in [2.75, 3.05) is 20.3 Å². The molecule has 43 heavy (non-hydrogen) atoms. The SMILES string of the molecule is CC(C)c1cc(-c2ccc(O)c3c2C[C@H]2C[C@]4(C)C(=C(O)C2=C3O)C(O)=C(C(N)=O)C(=O)[C@@H]4N(C)C2CCOCC2)on1. The smallest absolute Gasteiger partial charge is 0.256 e. The van der Waals surface area contributed by atoms with E-state index < -0.39 is 46.2 Å². The number of hydrogen-bond acceptors (Lipinski definition) is 10. The number of phenols is 1. The number of phenolic OH excluding ortho intramolecular Hbond substituents is 1. The first-order chi connectivity index (χ1) is 20.4. The molecule has 1 aromatic heterocycles. The first-order valence-electron chi connectivity index (χ1n) is 14.6. The summed E-state index contributed by atoms with van der Waals surface area (Å²) in [5, 5.41) is 49.9. The summed E-state index contributed by atoms with van der Waals surface area (Å²) in [5.74, 6) is -3.24. The number of likely N-dealkylation sites (N-methyl/N-ethyl adjacent to an activating group) is 1. The number of carbonyl (C=O) groups is 2. The monoisotopic (exact) mass is 591 g/mol. The molecule has 0 unspecified atom stereocenters. The van der Waals surface area contributed by atoms with Crippen molar-refractivity contribution in [3.05, 3.63) is 63.3 Å². The van der Waals surface area contributed by atoms with Gasteiger partial charge >= 0.3 is 0 Å². The third kappa shape index (κ3) is 4.28. The van der Waals surface area contributed by atoms with Gasteiger partial charge in [-0.05, 0) is 62.3 Å². The summed E-state index contributed by atoms with van der Waals surface area (Å²) in [6, 6.07) is 4.02. The normalized spacial score (nSPS) is 26.2. The predicted molar refractivity (Wildman–Crippen MR) is 156 cm³/mol. The minimum absolute atomic E-state index is 0.0153. The maximum absolute atomic E-state index is 14.0. The number of ether oxygens (including phenoxy) is 1. The number of hydrogen-bond donors (Lipinski definition) is 5. The van der Waals surface area contributed by atoms with E-state index in [9.17, 15) is 30.0 Å². The molecule has 0 saturated carbocycles. The number of ketones is 1. The van der Waals surface area contributed by atoms with Gasteiger partial charge in [0.15, 0.2) is 11.5 Å². The van der Waals surface area contributed by atoms with Gasteiger partial charge in [0.25, 0.3) is 5.91 Å². The van der Waals surface area contributed by atoms with E-state index in [0.717, 1.165) is 5.69 Å². The van der Waals surface area contributed by atoms with Gasteiger partial charge in [-0.2, -0.15) is 0 Å². The molecule has 1 saturated heterocycles. The molecule has 1 amide bonds. The van der Waals surface area contributed by atoms with Crippen molar-refractivity contribution >= 4 is 17.4 Å². The van der Waals surface area contributed by atoms with Gasteiger partial charge < -0.3 is 35.4 Å². The van der Waals surface area contributed by atoms with Gasteiger partial charge in [-0.25, -0.2) is 0 Å². The number of fused-ring (bicyclic) bond motifs is 3. The van der Waals surface area contributed by atoms with Gasteiger partial charge in [-0.1, -0.05) is 25.9 Å². The maximum Gasteiger partial charge on any atom is 0.256 e. The Balaban J connectivity index is 1.55. The number of primary amides is 1. The largest absolute Gasteiger partial charge is 0.507 e. The minimum atomic E-state index is -1.16. The molecule has 6 rings (SSSR count). The van der Waals surface area contributed by atoms with Gasteiger partial charge in [-0.15, -0.1) is 0 Å². The zero-order valence-electron chi connectivity index (χ0n) is 24.7. The first kappa shape index (κ1) is 29.0. The van der Waals surface area contributed by atoms with Gasteiger partial charge in [0.1, 0.15) is 28.6 Å². The second-order valence-corrected chi connectivity index (χ2v) is 12.6. The lowest BCUT2D eigenvalue weighted by Crippen LogP contribution is -2.60. The molecular weight excluding hydrogens is 554 g/mol. The first-order valence-corrected chi connectivity index (χ1v) is 14.6. The molecule has 11 heteroatoms. The number of aliphatic hydroxyl groups excluding tert-OH is 3. The lowest BCUT2D eigenvalue weighted by Gasteiger charge is -2.52. The fourth-order valence-corrected chi connectivity index (χ4v) is 7.68. The van der Waals surface area contributed by atoms with Crippen LogP contribution in [0.3, 0.4) is 0 Å². The number of aromatic hydroxyl groups is 1. The number of amides is 1. The van der Waals surface area contributed by atoms with Crippen molar-refractivity contribution in [1.82, 2.24) is 10.1 Å². The fraction of sp³-hybridized carbons (Fsp3) is 0.469. The van der Waals surface area contributed by atoms with Crippen LogP contribution in [0, 0.1) is 11.3 Å². The summed E-state index contributed by atoms with van der Waals surface area (Å²) >= 11 is 0. The van der Waals surface area contributed by atoms with E-state index in [1.807, 2.05) is 31.9 Å². The summed E-state index contributed by atoms with van der Waals surface area (Å²) < 4.78 is 11.2. The highest BCUT2D eigenvalue weighted by molar-refractivity contribution is 6.22. The molecule has 11 nitrogen and oxygen atoms in total. The summed E-state index contributed by atoms with van der Waals surface area (Å²) in [6.45, 7) is 6.84. The van der Waals surface area contributed by atoms with E-state index in [4.69, 9.17) is 15.0 Å². The zero-order chi connectivity index (χ0) is 31.0. The number of nitrogens with zero attached hydrogens (tertiary/aromatic N) is 2. The van der Waals surface area contributed by atoms with Crippen LogP contribution in [0.4, 0.5) is 0 Å². The van der Waals surface area contributed by atoms with Crippen LogP contribution in [-0.2, 0) is 20.7 Å². The summed E-state index contributed by atoms with van der Waals surface area (Å²) in [6.07, 6.45) is 1.88. The van der Waals surface area contributed by atoms with Crippen molar-refractivity contribution in [2.45, 2.75) is 64.5 Å². The van der Waals surface area contributed by atoms with Gasteiger partial charge in [0, 0.05) is 47.4 Å². The van der Waals surface area contributed by atoms with Crippen LogP contribution in [0.5, 0.6) is 5.75 Å². The lowest BCUT2D eigenvalue weighted by molar-refractivity contribution is -0.130. The molecule has 0 bridgehead atoms. The van der Waals surface area contributed by atoms with Crippen molar-refractivity contribution in [3.8, 4) is 17.1 Å². The topological polar surface area (TPSA) is 180 Å². The summed E-state index contributed by atoms with van der Waals surface area (Å²) in [7, 11) is 1.81. The Bertz CT molecular complexity index is 1630. The van der Waals surface area contributed by atoms with Crippen molar-refractivity contribution in [3.63, 3.8) is 0 Å². The van der Waals surface area contributed by atoms with Gasteiger partial charge in [-0.3, -0.25) is 14.5 Å². The van der Waals surface area contributed by atoms with E-state index in [0.29, 0.717) is 42.9 Å². The van der Waals surface area contributed by atoms with Crippen molar-refractivity contribution < 1.29 is 39.3 Å². The quantitative estimate of drug-likeness (QED) is 0.316. The number of Topliss-reactive ketones (excluding diaryl/α,β-unsaturated/α-hetero) is 1. The van der Waals surface area contributed by atoms with E-state index in [1.54, 1.807) is 13.0 Å². The average molecular weight is 592 g/mol. The Morgan fingerprint density at radius 3 is 2.44 bits per heavy atom. The number of aromatic nitrogens is 1. The molecule has 6 N–H and O–H groups in total. The highest BCUT2D eigenvalue weighted by atomic mass is 16.5. The average Bonchev–Trinajstić information content (AvgIpc) is 3.43. The van der Waals surface area contributed by atoms with Crippen LogP contribution < -0.4 is 5.73 Å². The number of nitrogens with two attached hydrogens (primary N) is 1. The fourth-order valence-electron chi connectivity index (χ4n) is 7.68. The Hall–Kier alpha value is -4.09. The van der Waals surface area contributed by atoms with Crippen molar-refractivity contribution in [1.29, 1.82) is 0 Å². The molecule has 1 fully saturated rings. The van der Waals surface area contributed by atoms with E-state index in [-0.39, 0.29) is 53.0 Å². The minimum Gasteiger partial charge on any atom is -0.507 e. The summed E-state index contributed by atoms with van der Waals surface area (Å²) in [5.41, 5.74) is 6.15. The molecule has 2 aromatic rings. The van der Waals surface area contributed by atoms with Gasteiger partial charge in [0.2, 0.25) is 0 Å². The Labute approximate surface area is 248 Å². The molecule has 0 spiro atoms. The number of rotatable bonds is 5. The molecule has 4 aliphatic rings. The second-order valence-electron chi connectivity index (χ2n) is 12.6. The molecule has 1 aliphatic heterocycles. The molecule has 0 radical (unpaired) electrons. The van der Waals surface area contributed by atoms with E-state index >= 15 is 0 Å². The van der Waals surface area contributed by atoms with E-state index in [2.05, 4.69) is 5.16 Å². The Morgan fingerprint density at radius 2 is 1.81 bits per heavy atom. The molecule has 3 atom stereocenters. The molecule has 2 heterocycles. The highest BCUT2D eigenvalue weighted by Crippen LogP contribution is 2.58. The lowest BCUT2D eigenvalue weighted by atomic mass is 9.56. The molecule has 3 aliphatic carbocycles. The van der Waals surface area contributed by atoms with Crippen LogP contribution in [0.25, 0.3) is 17.1 Å². The zero-order valence-corrected chi connectivity index (χ0v) is 24.7. The van der Waals surface area contributed by atoms with Crippen LogP contribution in [0.1, 0.15) is 62.8 Å². The van der Waals surface area contributed by atoms with Gasteiger partial charge in [0.05, 0.1) is 17.3 Å². The van der Waals surface area contributed by atoms with Crippen molar-refractivity contribution in [2.24, 2.45) is 17.1 Å². The number of benzene rings is 1. The standard InChI is InChI=1S/C32H37N3O8/c1-14(2)19-12-21(43-34-19)17-5-6-20(36)23-18(17)11-15-13-32(3)25(27(38)22(15)26(23)37)28(39)24(31(33)41)29(40)30(32)35(4)16-7-9-42-10-8-16/h5-6,12,14-16,30,36-39H,7-11,13H2,1-4H3,(H2,33,41)/t15-,30-,32+/m0/s1. The number of allylic oxidation sites excluding steroid dienone is 2. The number of aliphatic hydroxyl groups is 3. The van der Waals surface area contributed by atoms with Crippen LogP contribution >= 0.6 is 0 Å². The Morgan fingerprint density at radius 1 is 1.12 bits per heavy atom. The number of carbonyl (C=O) groups excluding carboxylic acids is 2. The van der Waals surface area contributed by atoms with Crippen LogP contribution in [0.2, 0.25) is 0 Å². The van der Waals surface area contributed by atoms with Crippen LogP contribution in [0.15, 0.2) is 51.0 Å². The summed E-state index contributed by atoms with van der Waals surface area (Å²) in [4.78, 5) is 28.4. The molecule has 228 valence electrons. The van der Waals surface area contributed by atoms with Crippen LogP contribution in [-0.4, -0.2) is 74.5 Å². The molecule has 1 aromatic carbocycles. The molecular formula is C32H37N3O8. The Kier molecular flexibility index (Phi) is 6.93. The third-order valence-electron chi connectivity index (χ3n) is 9.75. The maximum atomic E-state index is 14.0. The second kappa shape index (κ2) is 10.3. The highest BCUT2D eigenvalue weighted by Gasteiger charge is 2.58. The predicted octanol–water partition coefficient (Wildman–Crippen LogP) is 4.19. The van der Waals surface area contributed by atoms with E-state index in [1.165, 1.54) is 6.07 Å².